The average Bonchev–Trinajstić information content (AvgIpc) is 2.39. The number of piperidine rings is 1. The van der Waals surface area contributed by atoms with Crippen LogP contribution in [0.5, 0.6) is 0 Å². The topological polar surface area (TPSA) is 81.2 Å². The van der Waals surface area contributed by atoms with E-state index in [1.54, 1.807) is 6.07 Å². The molecule has 1 fully saturated rings. The molecule has 1 atom stereocenters. The van der Waals surface area contributed by atoms with Gasteiger partial charge in [-0.25, -0.2) is 0 Å². The Morgan fingerprint density at radius 2 is 2.11 bits per heavy atom. The van der Waals surface area contributed by atoms with Gasteiger partial charge in [-0.3, -0.25) is 10.1 Å². The first-order chi connectivity index (χ1) is 8.59. The Kier molecular flexibility index (Phi) is 4.16. The lowest BCUT2D eigenvalue weighted by Crippen LogP contribution is -2.33. The Morgan fingerprint density at radius 1 is 1.44 bits per heavy atom. The number of rotatable bonds is 3. The van der Waals surface area contributed by atoms with E-state index in [9.17, 15) is 10.1 Å². The highest BCUT2D eigenvalue weighted by Crippen LogP contribution is 2.33. The van der Waals surface area contributed by atoms with E-state index in [-0.39, 0.29) is 11.7 Å². The molecule has 3 N–H and O–H groups in total. The number of non-ortho nitro benzene ring substituents is 1. The van der Waals surface area contributed by atoms with E-state index in [1.165, 1.54) is 12.1 Å². The predicted octanol–water partition coefficient (Wildman–Crippen LogP) is 2.25. The SMILES string of the molecule is N[C@@H](c1cc([N+](=O)[O-])ccc1Cl)C1CCNCC1. The molecule has 0 radical (unpaired) electrons. The second-order valence-electron chi connectivity index (χ2n) is 4.58. The first-order valence-corrected chi connectivity index (χ1v) is 6.37. The van der Waals surface area contributed by atoms with Gasteiger partial charge < -0.3 is 11.1 Å². The minimum atomic E-state index is -0.422. The molecule has 0 spiro atoms. The fraction of sp³-hybridized carbons (Fsp3) is 0.500. The molecule has 5 nitrogen and oxygen atoms in total. The van der Waals surface area contributed by atoms with Gasteiger partial charge in [0.15, 0.2) is 0 Å². The molecule has 0 unspecified atom stereocenters. The number of nitrogens with two attached hydrogens (primary N) is 1. The molecule has 0 saturated carbocycles. The number of nitrogens with zero attached hydrogens (tertiary/aromatic N) is 1. The normalized spacial score (nSPS) is 18.6. The maximum Gasteiger partial charge on any atom is 0.269 e. The monoisotopic (exact) mass is 269 g/mol. The Morgan fingerprint density at radius 3 is 2.72 bits per heavy atom. The lowest BCUT2D eigenvalue weighted by molar-refractivity contribution is -0.384. The summed E-state index contributed by atoms with van der Waals surface area (Å²) < 4.78 is 0. The van der Waals surface area contributed by atoms with Gasteiger partial charge in [0.05, 0.1) is 4.92 Å². The van der Waals surface area contributed by atoms with Gasteiger partial charge in [-0.15, -0.1) is 0 Å². The van der Waals surface area contributed by atoms with Gasteiger partial charge in [0.25, 0.3) is 5.69 Å². The molecular formula is C12H16ClN3O2. The van der Waals surface area contributed by atoms with Crippen LogP contribution >= 0.6 is 11.6 Å². The van der Waals surface area contributed by atoms with Crippen LogP contribution in [-0.4, -0.2) is 18.0 Å². The standard InChI is InChI=1S/C12H16ClN3O2/c13-11-2-1-9(16(17)18)7-10(11)12(14)8-3-5-15-6-4-8/h1-2,7-8,12,15H,3-6,14H2/t12-/m1/s1. The molecule has 1 saturated heterocycles. The van der Waals surface area contributed by atoms with Crippen molar-refractivity contribution in [3.8, 4) is 0 Å². The summed E-state index contributed by atoms with van der Waals surface area (Å²) in [6, 6.07) is 4.21. The van der Waals surface area contributed by atoms with E-state index in [4.69, 9.17) is 17.3 Å². The molecular weight excluding hydrogens is 254 g/mol. The van der Waals surface area contributed by atoms with Gasteiger partial charge in [0.1, 0.15) is 0 Å². The third-order valence-electron chi connectivity index (χ3n) is 3.44. The summed E-state index contributed by atoms with van der Waals surface area (Å²) in [4.78, 5) is 10.4. The summed E-state index contributed by atoms with van der Waals surface area (Å²) in [7, 11) is 0. The van der Waals surface area contributed by atoms with Gasteiger partial charge in [0, 0.05) is 23.2 Å². The lowest BCUT2D eigenvalue weighted by Gasteiger charge is -2.28. The molecule has 0 aromatic heterocycles. The summed E-state index contributed by atoms with van der Waals surface area (Å²) in [5, 5.41) is 14.5. The maximum atomic E-state index is 10.8. The lowest BCUT2D eigenvalue weighted by atomic mass is 9.86. The van der Waals surface area contributed by atoms with Crippen molar-refractivity contribution in [1.82, 2.24) is 5.32 Å². The van der Waals surface area contributed by atoms with Gasteiger partial charge >= 0.3 is 0 Å². The summed E-state index contributed by atoms with van der Waals surface area (Å²) in [5.74, 6) is 0.325. The molecule has 18 heavy (non-hydrogen) atoms. The third kappa shape index (κ3) is 2.80. The van der Waals surface area contributed by atoms with Crippen LogP contribution in [0, 0.1) is 16.0 Å². The molecule has 2 rings (SSSR count). The smallest absolute Gasteiger partial charge is 0.269 e. The zero-order chi connectivity index (χ0) is 13.1. The minimum absolute atomic E-state index is 0.0405. The van der Waals surface area contributed by atoms with Crippen LogP contribution < -0.4 is 11.1 Å². The predicted molar refractivity (Wildman–Crippen MR) is 70.6 cm³/mol. The van der Waals surface area contributed by atoms with Gasteiger partial charge in [-0.05, 0) is 43.5 Å². The molecule has 0 amide bonds. The number of hydrogen-bond acceptors (Lipinski definition) is 4. The second kappa shape index (κ2) is 5.65. The first-order valence-electron chi connectivity index (χ1n) is 5.99. The fourth-order valence-corrected chi connectivity index (χ4v) is 2.60. The third-order valence-corrected chi connectivity index (χ3v) is 3.79. The number of nitro groups is 1. The quantitative estimate of drug-likeness (QED) is 0.651. The number of nitrogens with one attached hydrogen (secondary N) is 1. The molecule has 98 valence electrons. The van der Waals surface area contributed by atoms with Crippen molar-refractivity contribution in [2.24, 2.45) is 11.7 Å². The molecule has 6 heteroatoms. The van der Waals surface area contributed by atoms with Crippen LogP contribution in [-0.2, 0) is 0 Å². The largest absolute Gasteiger partial charge is 0.324 e. The Bertz CT molecular complexity index is 447. The molecule has 0 aliphatic carbocycles. The van der Waals surface area contributed by atoms with Crippen molar-refractivity contribution in [2.75, 3.05) is 13.1 Å². The van der Waals surface area contributed by atoms with Crippen LogP contribution in [0.25, 0.3) is 0 Å². The Balaban J connectivity index is 2.25. The zero-order valence-electron chi connectivity index (χ0n) is 9.93. The zero-order valence-corrected chi connectivity index (χ0v) is 10.7. The van der Waals surface area contributed by atoms with Crippen molar-refractivity contribution in [2.45, 2.75) is 18.9 Å². The van der Waals surface area contributed by atoms with E-state index >= 15 is 0 Å². The summed E-state index contributed by atoms with van der Waals surface area (Å²) in [5.41, 5.74) is 6.92. The van der Waals surface area contributed by atoms with Crippen LogP contribution in [0.15, 0.2) is 18.2 Å². The summed E-state index contributed by atoms with van der Waals surface area (Å²) >= 11 is 6.10. The number of nitro benzene ring substituents is 1. The fourth-order valence-electron chi connectivity index (χ4n) is 2.36. The number of halogens is 1. The van der Waals surface area contributed by atoms with Crippen molar-refractivity contribution in [3.63, 3.8) is 0 Å². The van der Waals surface area contributed by atoms with E-state index in [0.29, 0.717) is 16.5 Å². The molecule has 1 aromatic carbocycles. The molecule has 1 heterocycles. The van der Waals surface area contributed by atoms with Crippen LogP contribution in [0.2, 0.25) is 5.02 Å². The number of benzene rings is 1. The van der Waals surface area contributed by atoms with Crippen LogP contribution in [0.1, 0.15) is 24.4 Å². The molecule has 1 aliphatic heterocycles. The van der Waals surface area contributed by atoms with E-state index < -0.39 is 4.92 Å². The first kappa shape index (κ1) is 13.3. The van der Waals surface area contributed by atoms with E-state index in [1.807, 2.05) is 0 Å². The Hall–Kier alpha value is -1.17. The van der Waals surface area contributed by atoms with Crippen molar-refractivity contribution < 1.29 is 4.92 Å². The number of hydrogen-bond donors (Lipinski definition) is 2. The van der Waals surface area contributed by atoms with Crippen LogP contribution in [0.4, 0.5) is 5.69 Å². The highest BCUT2D eigenvalue weighted by atomic mass is 35.5. The minimum Gasteiger partial charge on any atom is -0.324 e. The van der Waals surface area contributed by atoms with E-state index in [2.05, 4.69) is 5.32 Å². The summed E-state index contributed by atoms with van der Waals surface area (Å²) in [6.07, 6.45) is 1.94. The van der Waals surface area contributed by atoms with Crippen molar-refractivity contribution >= 4 is 17.3 Å². The Labute approximate surface area is 110 Å². The van der Waals surface area contributed by atoms with Gasteiger partial charge in [-0.1, -0.05) is 11.6 Å². The highest BCUT2D eigenvalue weighted by Gasteiger charge is 2.24. The molecule has 0 bridgehead atoms. The highest BCUT2D eigenvalue weighted by molar-refractivity contribution is 6.31. The second-order valence-corrected chi connectivity index (χ2v) is 4.98. The van der Waals surface area contributed by atoms with Gasteiger partial charge in [-0.2, -0.15) is 0 Å². The molecule has 1 aliphatic rings. The molecule has 1 aromatic rings. The van der Waals surface area contributed by atoms with E-state index in [0.717, 1.165) is 25.9 Å². The average molecular weight is 270 g/mol. The van der Waals surface area contributed by atoms with Crippen LogP contribution in [0.3, 0.4) is 0 Å². The maximum absolute atomic E-state index is 10.8. The van der Waals surface area contributed by atoms with Crippen molar-refractivity contribution in [1.29, 1.82) is 0 Å². The van der Waals surface area contributed by atoms with Gasteiger partial charge in [0.2, 0.25) is 0 Å². The summed E-state index contributed by atoms with van der Waals surface area (Å²) in [6.45, 7) is 1.87. The van der Waals surface area contributed by atoms with Crippen molar-refractivity contribution in [3.05, 3.63) is 38.9 Å².